The molecular weight excluding hydrogens is 470 g/mol. The van der Waals surface area contributed by atoms with Crippen LogP contribution >= 0.6 is 0 Å². The molecule has 1 aromatic heterocycles. The molecule has 0 saturated heterocycles. The first kappa shape index (κ1) is 19.2. The van der Waals surface area contributed by atoms with Crippen LogP contribution in [0, 0.1) is 6.07 Å². The van der Waals surface area contributed by atoms with Gasteiger partial charge in [0.05, 0.1) is 11.6 Å². The third-order valence-corrected chi connectivity index (χ3v) is 2.82. The molecule has 0 saturated carbocycles. The average Bonchev–Trinajstić information content (AvgIpc) is 2.91. The maximum Gasteiger partial charge on any atom is 0.141 e. The number of ketones is 1. The van der Waals surface area contributed by atoms with Crippen LogP contribution in [-0.4, -0.2) is 22.0 Å². The van der Waals surface area contributed by atoms with Gasteiger partial charge in [-0.2, -0.15) is 0 Å². The van der Waals surface area contributed by atoms with Gasteiger partial charge in [0.25, 0.3) is 0 Å². The summed E-state index contributed by atoms with van der Waals surface area (Å²) in [5, 5.41) is 8.50. The Morgan fingerprint density at radius 1 is 1.26 bits per heavy atom. The third kappa shape index (κ3) is 6.06. The fourth-order valence-electron chi connectivity index (χ4n) is 1.93. The summed E-state index contributed by atoms with van der Waals surface area (Å²) in [5.74, 6) is 0.659. The number of carbonyl (C=O) groups is 1. The van der Waals surface area contributed by atoms with Crippen molar-refractivity contribution in [3.05, 3.63) is 54.6 Å². The molecule has 0 aliphatic rings. The van der Waals surface area contributed by atoms with Crippen LogP contribution in [0.3, 0.4) is 0 Å². The standard InChI is InChI=1S/C13H8NO.C5H10O2.Ir/c1-2-6-10(7-3-1)13-14-11-8-4-5-9-12(11)15-13;1-4(6)3-5(2)7;/h1-6,8-9H;4,6H,3H2,1-2H3;/q-1;;. The van der Waals surface area contributed by atoms with Crippen LogP contribution in [0.1, 0.15) is 20.3 Å². The molecule has 2 aromatic carbocycles. The number of Topliss-reactive ketones (excluding diaryl/α,β-unsaturated/α-hetero) is 1. The summed E-state index contributed by atoms with van der Waals surface area (Å²) in [5.41, 5.74) is 2.57. The van der Waals surface area contributed by atoms with Gasteiger partial charge >= 0.3 is 0 Å². The third-order valence-electron chi connectivity index (χ3n) is 2.82. The Balaban J connectivity index is 0.000000287. The van der Waals surface area contributed by atoms with E-state index in [0.717, 1.165) is 16.7 Å². The molecule has 0 aliphatic heterocycles. The van der Waals surface area contributed by atoms with Crippen LogP contribution in [0.2, 0.25) is 0 Å². The Morgan fingerprint density at radius 3 is 2.48 bits per heavy atom. The Bertz CT molecular complexity index is 705. The molecule has 4 nitrogen and oxygen atoms in total. The second-order valence-electron chi connectivity index (χ2n) is 5.02. The number of fused-ring (bicyclic) bond motifs is 1. The van der Waals surface area contributed by atoms with Crippen molar-refractivity contribution >= 4 is 16.9 Å². The summed E-state index contributed by atoms with van der Waals surface area (Å²) >= 11 is 0. The number of hydrogen-bond donors (Lipinski definition) is 1. The van der Waals surface area contributed by atoms with E-state index in [-0.39, 0.29) is 32.3 Å². The molecule has 0 aliphatic carbocycles. The molecule has 1 N–H and O–H groups in total. The van der Waals surface area contributed by atoms with E-state index in [9.17, 15) is 4.79 Å². The molecule has 1 heterocycles. The molecule has 0 spiro atoms. The number of rotatable bonds is 3. The van der Waals surface area contributed by atoms with Gasteiger partial charge in [0, 0.05) is 26.5 Å². The number of hydrogen-bond acceptors (Lipinski definition) is 4. The molecule has 0 amide bonds. The normalized spacial score (nSPS) is 11.1. The molecule has 5 heteroatoms. The predicted molar refractivity (Wildman–Crippen MR) is 85.3 cm³/mol. The second kappa shape index (κ2) is 9.36. The summed E-state index contributed by atoms with van der Waals surface area (Å²) in [6.45, 7) is 3.06. The number of aliphatic hydroxyl groups is 1. The van der Waals surface area contributed by atoms with E-state index in [4.69, 9.17) is 9.52 Å². The van der Waals surface area contributed by atoms with E-state index in [1.807, 2.05) is 48.5 Å². The van der Waals surface area contributed by atoms with Gasteiger partial charge in [0.15, 0.2) is 0 Å². The fourth-order valence-corrected chi connectivity index (χ4v) is 1.93. The smallest absolute Gasteiger partial charge is 0.141 e. The first-order valence-corrected chi connectivity index (χ1v) is 7.06. The van der Waals surface area contributed by atoms with Gasteiger partial charge in [-0.3, -0.25) is 9.78 Å². The molecule has 1 radical (unpaired) electrons. The summed E-state index contributed by atoms with van der Waals surface area (Å²) in [6, 6.07) is 18.5. The first-order chi connectivity index (χ1) is 10.6. The largest absolute Gasteiger partial charge is 0.481 e. The van der Waals surface area contributed by atoms with E-state index in [2.05, 4.69) is 11.1 Å². The Hall–Kier alpha value is -1.81. The molecule has 1 unspecified atom stereocenters. The van der Waals surface area contributed by atoms with Crippen LogP contribution in [0.25, 0.3) is 22.6 Å². The van der Waals surface area contributed by atoms with Crippen molar-refractivity contribution in [1.29, 1.82) is 0 Å². The van der Waals surface area contributed by atoms with Crippen LogP contribution in [0.4, 0.5) is 0 Å². The van der Waals surface area contributed by atoms with Crippen LogP contribution in [0.5, 0.6) is 0 Å². The van der Waals surface area contributed by atoms with E-state index in [0.29, 0.717) is 5.89 Å². The van der Waals surface area contributed by atoms with Crippen molar-refractivity contribution in [3.63, 3.8) is 0 Å². The van der Waals surface area contributed by atoms with Crippen molar-refractivity contribution in [2.75, 3.05) is 0 Å². The van der Waals surface area contributed by atoms with Crippen molar-refractivity contribution in [1.82, 2.24) is 4.98 Å². The SMILES string of the molecule is CC(=O)CC(C)O.[Ir].[c-]1ccccc1-c1nc2ccccc2o1. The molecule has 123 valence electrons. The number of aromatic nitrogens is 1. The van der Waals surface area contributed by atoms with Gasteiger partial charge in [-0.1, -0.05) is 17.7 Å². The van der Waals surface area contributed by atoms with Crippen molar-refractivity contribution < 1.29 is 34.4 Å². The fraction of sp³-hybridized carbons (Fsp3) is 0.222. The molecular formula is C18H18IrNO3-. The summed E-state index contributed by atoms with van der Waals surface area (Å²) < 4.78 is 5.61. The van der Waals surface area contributed by atoms with Crippen molar-refractivity contribution in [2.24, 2.45) is 0 Å². The summed E-state index contributed by atoms with van der Waals surface area (Å²) in [6.07, 6.45) is -0.197. The topological polar surface area (TPSA) is 63.3 Å². The number of benzene rings is 2. The maximum absolute atomic E-state index is 10.1. The molecule has 23 heavy (non-hydrogen) atoms. The van der Waals surface area contributed by atoms with Crippen LogP contribution in [-0.2, 0) is 24.9 Å². The number of nitrogens with zero attached hydrogens (tertiary/aromatic N) is 1. The van der Waals surface area contributed by atoms with Gasteiger partial charge in [0.1, 0.15) is 17.3 Å². The minimum absolute atomic E-state index is 0. The van der Waals surface area contributed by atoms with Gasteiger partial charge in [0.2, 0.25) is 0 Å². The minimum Gasteiger partial charge on any atom is -0.481 e. The second-order valence-corrected chi connectivity index (χ2v) is 5.02. The Kier molecular flexibility index (Phi) is 7.82. The van der Waals surface area contributed by atoms with Gasteiger partial charge < -0.3 is 9.52 Å². The molecule has 3 rings (SSSR count). The minimum atomic E-state index is -0.475. The number of carbonyl (C=O) groups excluding carboxylic acids is 1. The predicted octanol–water partition coefficient (Wildman–Crippen LogP) is 3.64. The maximum atomic E-state index is 10.1. The van der Waals surface area contributed by atoms with Crippen LogP contribution < -0.4 is 0 Å². The van der Waals surface area contributed by atoms with Crippen LogP contribution in [0.15, 0.2) is 52.9 Å². The average molecular weight is 489 g/mol. The van der Waals surface area contributed by atoms with Gasteiger partial charge in [-0.05, 0) is 26.0 Å². The first-order valence-electron chi connectivity index (χ1n) is 7.06. The summed E-state index contributed by atoms with van der Waals surface area (Å²) in [7, 11) is 0. The number of aliphatic hydroxyl groups excluding tert-OH is 1. The zero-order chi connectivity index (χ0) is 15.9. The van der Waals surface area contributed by atoms with E-state index >= 15 is 0 Å². The Labute approximate surface area is 148 Å². The molecule has 0 fully saturated rings. The van der Waals surface area contributed by atoms with Crippen molar-refractivity contribution in [2.45, 2.75) is 26.4 Å². The molecule has 0 bridgehead atoms. The van der Waals surface area contributed by atoms with E-state index in [1.54, 1.807) is 6.92 Å². The monoisotopic (exact) mass is 489 g/mol. The molecule has 3 aromatic rings. The zero-order valence-electron chi connectivity index (χ0n) is 12.9. The van der Waals surface area contributed by atoms with E-state index < -0.39 is 6.10 Å². The Morgan fingerprint density at radius 2 is 1.96 bits per heavy atom. The summed E-state index contributed by atoms with van der Waals surface area (Å²) in [4.78, 5) is 14.5. The van der Waals surface area contributed by atoms with Gasteiger partial charge in [-0.25, -0.2) is 0 Å². The number of oxazole rings is 1. The quantitative estimate of drug-likeness (QED) is 0.572. The molecule has 1 atom stereocenters. The van der Waals surface area contributed by atoms with Gasteiger partial charge in [-0.15, -0.1) is 30.3 Å². The zero-order valence-corrected chi connectivity index (χ0v) is 15.3. The number of para-hydroxylation sites is 2. The van der Waals surface area contributed by atoms with Crippen molar-refractivity contribution in [3.8, 4) is 11.5 Å². The van der Waals surface area contributed by atoms with E-state index in [1.165, 1.54) is 6.92 Å².